The number of rotatable bonds is 1. The summed E-state index contributed by atoms with van der Waals surface area (Å²) in [6.45, 7) is 6.05. The minimum absolute atomic E-state index is 0.272. The van der Waals surface area contributed by atoms with Gasteiger partial charge < -0.3 is 14.8 Å². The fraction of sp³-hybridized carbons (Fsp3) is 0.312. The third-order valence-electron chi connectivity index (χ3n) is 4.11. The van der Waals surface area contributed by atoms with Gasteiger partial charge in [-0.05, 0) is 55.9 Å². The van der Waals surface area contributed by atoms with E-state index >= 15 is 0 Å². The number of aromatic nitrogens is 1. The van der Waals surface area contributed by atoms with Crippen molar-refractivity contribution in [2.24, 2.45) is 0 Å². The van der Waals surface area contributed by atoms with Gasteiger partial charge in [0.2, 0.25) is 0 Å². The van der Waals surface area contributed by atoms with Crippen molar-refractivity contribution in [3.8, 4) is 0 Å². The average molecular weight is 320 g/mol. The lowest BCUT2D eigenvalue weighted by Gasteiger charge is -2.37. The molecule has 3 nitrogen and oxygen atoms in total. The van der Waals surface area contributed by atoms with Gasteiger partial charge in [-0.2, -0.15) is 0 Å². The first-order valence-electron chi connectivity index (χ1n) is 7.05. The fourth-order valence-electron chi connectivity index (χ4n) is 2.79. The minimum Gasteiger partial charge on any atom is -0.348 e. The first kappa shape index (κ1) is 14.4. The Hall–Kier alpha value is -1.52. The summed E-state index contributed by atoms with van der Waals surface area (Å²) >= 11 is 11.8. The van der Waals surface area contributed by atoms with Crippen LogP contribution < -0.4 is 5.32 Å². The lowest BCUT2D eigenvalue weighted by atomic mass is 10.1. The van der Waals surface area contributed by atoms with Crippen molar-refractivity contribution in [1.29, 1.82) is 0 Å². The molecule has 1 N–H and O–H groups in total. The Morgan fingerprint density at radius 1 is 1.29 bits per heavy atom. The lowest BCUT2D eigenvalue weighted by molar-refractivity contribution is 0.276. The molecule has 0 saturated heterocycles. The Balaban J connectivity index is 1.79. The smallest absolute Gasteiger partial charge is 0.174 e. The van der Waals surface area contributed by atoms with E-state index in [2.05, 4.69) is 40.0 Å². The van der Waals surface area contributed by atoms with Gasteiger partial charge in [-0.25, -0.2) is 0 Å². The molecule has 3 rings (SSSR count). The van der Waals surface area contributed by atoms with Crippen molar-refractivity contribution >= 4 is 34.6 Å². The highest BCUT2D eigenvalue weighted by Crippen LogP contribution is 2.28. The molecule has 0 saturated carbocycles. The molecule has 5 heteroatoms. The second-order valence-electron chi connectivity index (χ2n) is 5.34. The minimum atomic E-state index is 0.272. The second kappa shape index (κ2) is 5.70. The van der Waals surface area contributed by atoms with E-state index in [-0.39, 0.29) is 6.04 Å². The van der Waals surface area contributed by atoms with Gasteiger partial charge in [0, 0.05) is 35.7 Å². The van der Waals surface area contributed by atoms with Gasteiger partial charge in [-0.3, -0.25) is 0 Å². The summed E-state index contributed by atoms with van der Waals surface area (Å²) in [5.41, 5.74) is 3.29. The third kappa shape index (κ3) is 2.65. The average Bonchev–Trinajstić information content (AvgIpc) is 2.93. The summed E-state index contributed by atoms with van der Waals surface area (Å²) in [4.78, 5) is 2.23. The van der Waals surface area contributed by atoms with Crippen LogP contribution >= 0.6 is 23.8 Å². The molecule has 0 fully saturated rings. The SMILES string of the molecule is Cc1c(Cl)cccc1NC(=S)N1CCn2cccc2[C@H]1C. The standard InChI is InChI=1S/C16H18ClN3S/c1-11-13(17)5-3-6-14(11)18-16(21)20-10-9-19-8-4-7-15(19)12(20)2/h3-8,12H,9-10H2,1-2H3,(H,18,21)/t12-/m1/s1. The Morgan fingerprint density at radius 2 is 2.10 bits per heavy atom. The Bertz CT molecular complexity index is 680. The summed E-state index contributed by atoms with van der Waals surface area (Å²) in [6, 6.07) is 10.3. The molecule has 1 atom stereocenters. The van der Waals surface area contributed by atoms with Crippen LogP contribution in [0.4, 0.5) is 5.69 Å². The molecule has 0 unspecified atom stereocenters. The highest BCUT2D eigenvalue weighted by molar-refractivity contribution is 7.80. The number of fused-ring (bicyclic) bond motifs is 1. The highest BCUT2D eigenvalue weighted by Gasteiger charge is 2.25. The number of hydrogen-bond acceptors (Lipinski definition) is 1. The first-order chi connectivity index (χ1) is 10.1. The second-order valence-corrected chi connectivity index (χ2v) is 6.13. The van der Waals surface area contributed by atoms with Crippen LogP contribution in [-0.4, -0.2) is 21.1 Å². The molecule has 0 radical (unpaired) electrons. The third-order valence-corrected chi connectivity index (χ3v) is 4.86. The Labute approximate surface area is 135 Å². The normalized spacial score (nSPS) is 17.5. The lowest BCUT2D eigenvalue weighted by Crippen LogP contribution is -2.42. The summed E-state index contributed by atoms with van der Waals surface area (Å²) in [5.74, 6) is 0. The quantitative estimate of drug-likeness (QED) is 0.795. The Kier molecular flexibility index (Phi) is 3.91. The zero-order valence-corrected chi connectivity index (χ0v) is 13.7. The van der Waals surface area contributed by atoms with E-state index in [4.69, 9.17) is 23.8 Å². The van der Waals surface area contributed by atoms with E-state index in [1.807, 2.05) is 25.1 Å². The maximum absolute atomic E-state index is 6.16. The predicted octanol–water partition coefficient (Wildman–Crippen LogP) is 4.22. The summed E-state index contributed by atoms with van der Waals surface area (Å²) in [6.07, 6.45) is 2.13. The number of nitrogens with zero attached hydrogens (tertiary/aromatic N) is 2. The largest absolute Gasteiger partial charge is 0.348 e. The maximum atomic E-state index is 6.16. The van der Waals surface area contributed by atoms with Crippen LogP contribution in [0.15, 0.2) is 36.5 Å². The van der Waals surface area contributed by atoms with Gasteiger partial charge in [-0.1, -0.05) is 17.7 Å². The molecular formula is C16H18ClN3S. The molecule has 2 heterocycles. The molecule has 1 aliphatic rings. The van der Waals surface area contributed by atoms with Crippen molar-refractivity contribution in [2.45, 2.75) is 26.4 Å². The van der Waals surface area contributed by atoms with Crippen molar-refractivity contribution in [3.05, 3.63) is 52.8 Å². The van der Waals surface area contributed by atoms with Crippen molar-refractivity contribution in [2.75, 3.05) is 11.9 Å². The van der Waals surface area contributed by atoms with Gasteiger partial charge in [0.05, 0.1) is 6.04 Å². The van der Waals surface area contributed by atoms with Crippen LogP contribution in [-0.2, 0) is 6.54 Å². The van der Waals surface area contributed by atoms with Crippen molar-refractivity contribution in [3.63, 3.8) is 0 Å². The maximum Gasteiger partial charge on any atom is 0.174 e. The van der Waals surface area contributed by atoms with Crippen molar-refractivity contribution < 1.29 is 0 Å². The van der Waals surface area contributed by atoms with Crippen LogP contribution in [0.2, 0.25) is 5.02 Å². The van der Waals surface area contributed by atoms with Crippen molar-refractivity contribution in [1.82, 2.24) is 9.47 Å². The molecule has 0 spiro atoms. The fourth-order valence-corrected chi connectivity index (χ4v) is 3.32. The topological polar surface area (TPSA) is 20.2 Å². The van der Waals surface area contributed by atoms with E-state index in [0.717, 1.165) is 34.5 Å². The predicted molar refractivity (Wildman–Crippen MR) is 92.0 cm³/mol. The van der Waals surface area contributed by atoms with Crippen LogP contribution in [0.1, 0.15) is 24.2 Å². The van der Waals surface area contributed by atoms with E-state index in [1.165, 1.54) is 5.69 Å². The zero-order valence-electron chi connectivity index (χ0n) is 12.1. The van der Waals surface area contributed by atoms with E-state index in [1.54, 1.807) is 0 Å². The van der Waals surface area contributed by atoms with E-state index in [0.29, 0.717) is 0 Å². The summed E-state index contributed by atoms with van der Waals surface area (Å²) in [7, 11) is 0. The monoisotopic (exact) mass is 319 g/mol. The van der Waals surface area contributed by atoms with Crippen LogP contribution in [0.5, 0.6) is 0 Å². The molecule has 0 bridgehead atoms. The number of thiocarbonyl (C=S) groups is 1. The first-order valence-corrected chi connectivity index (χ1v) is 7.84. The van der Waals surface area contributed by atoms with Gasteiger partial charge in [0.15, 0.2) is 5.11 Å². The Morgan fingerprint density at radius 3 is 2.90 bits per heavy atom. The zero-order chi connectivity index (χ0) is 15.0. The van der Waals surface area contributed by atoms with Gasteiger partial charge in [0.25, 0.3) is 0 Å². The van der Waals surface area contributed by atoms with Gasteiger partial charge in [0.1, 0.15) is 0 Å². The molecule has 1 aliphatic heterocycles. The molecule has 1 aromatic carbocycles. The molecule has 110 valence electrons. The van der Waals surface area contributed by atoms with E-state index < -0.39 is 0 Å². The summed E-state index contributed by atoms with van der Waals surface area (Å²) in [5, 5.41) is 4.84. The molecular weight excluding hydrogens is 302 g/mol. The number of anilines is 1. The number of nitrogens with one attached hydrogen (secondary N) is 1. The molecule has 0 amide bonds. The number of hydrogen-bond donors (Lipinski definition) is 1. The molecule has 21 heavy (non-hydrogen) atoms. The van der Waals surface area contributed by atoms with E-state index in [9.17, 15) is 0 Å². The summed E-state index contributed by atoms with van der Waals surface area (Å²) < 4.78 is 2.29. The molecule has 1 aromatic heterocycles. The van der Waals surface area contributed by atoms with Crippen LogP contribution in [0, 0.1) is 6.92 Å². The van der Waals surface area contributed by atoms with Gasteiger partial charge in [-0.15, -0.1) is 0 Å². The number of benzene rings is 1. The van der Waals surface area contributed by atoms with Crippen LogP contribution in [0.3, 0.4) is 0 Å². The van der Waals surface area contributed by atoms with Gasteiger partial charge >= 0.3 is 0 Å². The number of halogens is 1. The van der Waals surface area contributed by atoms with Crippen LogP contribution in [0.25, 0.3) is 0 Å². The molecule has 2 aromatic rings. The molecule has 0 aliphatic carbocycles. The highest BCUT2D eigenvalue weighted by atomic mass is 35.5.